The summed E-state index contributed by atoms with van der Waals surface area (Å²) in [5.74, 6) is -0.545. The molecule has 0 bridgehead atoms. The number of fused-ring (bicyclic) bond motifs is 1. The standard InChI is InChI=1S/C24H24Cl3NO7S/c1-14(29)33-20-18(28-23(30)32-13-24(25,26)27)22(36-16-10-6-3-7-11-16)34-17-12-31-21(35-19(17)20)15-8-4-2-5-9-15/h2-11,17-22H,12-13H2,1H3,(H,28,30)/t17-,18-,19+,20-,21?,22+/m1/s1. The fourth-order valence-electron chi connectivity index (χ4n) is 3.90. The lowest BCUT2D eigenvalue weighted by Crippen LogP contribution is -2.66. The maximum Gasteiger partial charge on any atom is 0.407 e. The van der Waals surface area contributed by atoms with Gasteiger partial charge >= 0.3 is 12.1 Å². The van der Waals surface area contributed by atoms with Crippen LogP contribution in [0.5, 0.6) is 0 Å². The van der Waals surface area contributed by atoms with Crippen molar-refractivity contribution in [3.63, 3.8) is 0 Å². The first-order valence-electron chi connectivity index (χ1n) is 11.1. The summed E-state index contributed by atoms with van der Waals surface area (Å²) in [6.45, 7) is 1.01. The second-order valence-electron chi connectivity index (χ2n) is 8.09. The van der Waals surface area contributed by atoms with Crippen LogP contribution in [0.25, 0.3) is 0 Å². The number of nitrogens with one attached hydrogen (secondary N) is 1. The highest BCUT2D eigenvalue weighted by Gasteiger charge is 2.52. The van der Waals surface area contributed by atoms with Crippen molar-refractivity contribution in [2.45, 2.75) is 51.7 Å². The van der Waals surface area contributed by atoms with Gasteiger partial charge in [0.2, 0.25) is 3.79 Å². The van der Waals surface area contributed by atoms with E-state index in [-0.39, 0.29) is 6.61 Å². The highest BCUT2D eigenvalue weighted by atomic mass is 35.6. The van der Waals surface area contributed by atoms with E-state index in [0.717, 1.165) is 10.5 Å². The molecule has 0 aliphatic carbocycles. The number of ether oxygens (including phenoxy) is 5. The van der Waals surface area contributed by atoms with Gasteiger partial charge in [-0.05, 0) is 12.1 Å². The second-order valence-corrected chi connectivity index (χ2v) is 11.8. The van der Waals surface area contributed by atoms with Gasteiger partial charge in [-0.2, -0.15) is 0 Å². The molecule has 2 fully saturated rings. The fourth-order valence-corrected chi connectivity index (χ4v) is 5.21. The maximum absolute atomic E-state index is 12.7. The van der Waals surface area contributed by atoms with Crippen LogP contribution < -0.4 is 5.32 Å². The highest BCUT2D eigenvalue weighted by Crippen LogP contribution is 2.40. The van der Waals surface area contributed by atoms with Crippen LogP contribution in [0.15, 0.2) is 65.6 Å². The molecular formula is C24H24Cl3NO7S. The Morgan fingerprint density at radius 3 is 2.36 bits per heavy atom. The molecule has 1 N–H and O–H groups in total. The van der Waals surface area contributed by atoms with Gasteiger partial charge in [0.25, 0.3) is 0 Å². The third-order valence-corrected chi connectivity index (χ3v) is 6.87. The Morgan fingerprint density at radius 2 is 1.72 bits per heavy atom. The topological polar surface area (TPSA) is 92.3 Å². The average molecular weight is 577 g/mol. The number of hydrogen-bond donors (Lipinski definition) is 1. The summed E-state index contributed by atoms with van der Waals surface area (Å²) < 4.78 is 27.5. The first-order valence-corrected chi connectivity index (χ1v) is 13.1. The molecule has 0 spiro atoms. The van der Waals surface area contributed by atoms with E-state index in [1.807, 2.05) is 60.7 Å². The van der Waals surface area contributed by atoms with E-state index in [1.165, 1.54) is 18.7 Å². The molecule has 8 nitrogen and oxygen atoms in total. The summed E-state index contributed by atoms with van der Waals surface area (Å²) >= 11 is 18.5. The van der Waals surface area contributed by atoms with E-state index in [1.54, 1.807) is 0 Å². The lowest BCUT2D eigenvalue weighted by atomic mass is 9.96. The minimum atomic E-state index is -1.79. The molecule has 2 aromatic carbocycles. The summed E-state index contributed by atoms with van der Waals surface area (Å²) in [7, 11) is 0. The zero-order chi connectivity index (χ0) is 25.7. The zero-order valence-electron chi connectivity index (χ0n) is 19.1. The van der Waals surface area contributed by atoms with Crippen LogP contribution in [-0.4, -0.2) is 58.9 Å². The number of halogens is 3. The monoisotopic (exact) mass is 575 g/mol. The van der Waals surface area contributed by atoms with Crippen LogP contribution in [0.3, 0.4) is 0 Å². The SMILES string of the molecule is CC(=O)O[C@@H]1[C@@H](NC(=O)OCC(Cl)(Cl)Cl)[C@H](Sc2ccccc2)O[C@@H]2COC(c3ccccc3)O[C@H]12. The van der Waals surface area contributed by atoms with Crippen LogP contribution >= 0.6 is 46.6 Å². The van der Waals surface area contributed by atoms with Crippen molar-refractivity contribution in [1.82, 2.24) is 5.32 Å². The number of amides is 1. The van der Waals surface area contributed by atoms with Crippen LogP contribution in [-0.2, 0) is 28.5 Å². The van der Waals surface area contributed by atoms with E-state index in [2.05, 4.69) is 5.32 Å². The molecule has 2 saturated heterocycles. The number of carbonyl (C=O) groups is 2. The molecule has 2 heterocycles. The molecule has 2 aliphatic heterocycles. The average Bonchev–Trinajstić information content (AvgIpc) is 2.85. The number of carbonyl (C=O) groups excluding carboxylic acids is 2. The van der Waals surface area contributed by atoms with Gasteiger partial charge in [0.05, 0.1) is 6.61 Å². The third-order valence-electron chi connectivity index (χ3n) is 5.36. The molecule has 0 saturated carbocycles. The van der Waals surface area contributed by atoms with Gasteiger partial charge in [-0.3, -0.25) is 4.79 Å². The Hall–Kier alpha value is -1.72. The van der Waals surface area contributed by atoms with Gasteiger partial charge in [0, 0.05) is 17.4 Å². The van der Waals surface area contributed by atoms with Crippen molar-refractivity contribution in [3.05, 3.63) is 66.2 Å². The molecule has 194 valence electrons. The van der Waals surface area contributed by atoms with Gasteiger partial charge in [-0.15, -0.1) is 0 Å². The summed E-state index contributed by atoms with van der Waals surface area (Å²) in [5, 5.41) is 2.72. The minimum absolute atomic E-state index is 0.193. The summed E-state index contributed by atoms with van der Waals surface area (Å²) in [4.78, 5) is 25.7. The first-order chi connectivity index (χ1) is 17.2. The summed E-state index contributed by atoms with van der Waals surface area (Å²) in [6.07, 6.45) is -3.79. The lowest BCUT2D eigenvalue weighted by Gasteiger charge is -2.48. The molecule has 0 aromatic heterocycles. The normalized spacial score (nSPS) is 28.0. The Morgan fingerprint density at radius 1 is 1.06 bits per heavy atom. The van der Waals surface area contributed by atoms with Crippen molar-refractivity contribution in [3.8, 4) is 0 Å². The number of hydrogen-bond acceptors (Lipinski definition) is 8. The van der Waals surface area contributed by atoms with Gasteiger partial charge < -0.3 is 29.0 Å². The van der Waals surface area contributed by atoms with E-state index in [4.69, 9.17) is 58.5 Å². The summed E-state index contributed by atoms with van der Waals surface area (Å²) in [6, 6.07) is 17.9. The van der Waals surface area contributed by atoms with E-state index >= 15 is 0 Å². The van der Waals surface area contributed by atoms with Crippen molar-refractivity contribution in [1.29, 1.82) is 0 Å². The second kappa shape index (κ2) is 12.2. The predicted octanol–water partition coefficient (Wildman–Crippen LogP) is 5.01. The van der Waals surface area contributed by atoms with Crippen LogP contribution in [0.2, 0.25) is 0 Å². The smallest absolute Gasteiger partial charge is 0.407 e. The Kier molecular flexibility index (Phi) is 9.27. The highest BCUT2D eigenvalue weighted by molar-refractivity contribution is 7.99. The molecule has 6 atom stereocenters. The van der Waals surface area contributed by atoms with Crippen molar-refractivity contribution in [2.75, 3.05) is 13.2 Å². The molecule has 4 rings (SSSR count). The molecule has 36 heavy (non-hydrogen) atoms. The van der Waals surface area contributed by atoms with Crippen LogP contribution in [0.1, 0.15) is 18.8 Å². The van der Waals surface area contributed by atoms with Crippen molar-refractivity contribution < 1.29 is 33.3 Å². The first kappa shape index (κ1) is 27.3. The van der Waals surface area contributed by atoms with Gasteiger partial charge in [0.1, 0.15) is 30.3 Å². The molecule has 2 aromatic rings. The number of alkyl halides is 3. The maximum atomic E-state index is 12.7. The number of benzene rings is 2. The zero-order valence-corrected chi connectivity index (χ0v) is 22.1. The van der Waals surface area contributed by atoms with Crippen molar-refractivity contribution in [2.24, 2.45) is 0 Å². The Bertz CT molecular complexity index is 1030. The molecular weight excluding hydrogens is 553 g/mol. The van der Waals surface area contributed by atoms with Gasteiger partial charge in [-0.25, -0.2) is 4.79 Å². The number of thioether (sulfide) groups is 1. The number of esters is 1. The third kappa shape index (κ3) is 7.41. The fraction of sp³-hybridized carbons (Fsp3) is 0.417. The van der Waals surface area contributed by atoms with Gasteiger partial charge in [0.15, 0.2) is 12.4 Å². The van der Waals surface area contributed by atoms with E-state index in [0.29, 0.717) is 0 Å². The number of rotatable bonds is 6. The summed E-state index contributed by atoms with van der Waals surface area (Å²) in [5.41, 5.74) is 0.115. The Balaban J connectivity index is 1.60. The van der Waals surface area contributed by atoms with Crippen molar-refractivity contribution >= 4 is 58.6 Å². The van der Waals surface area contributed by atoms with Crippen LogP contribution in [0.4, 0.5) is 4.79 Å². The molecule has 0 radical (unpaired) electrons. The lowest BCUT2D eigenvalue weighted by molar-refractivity contribution is -0.308. The molecule has 1 unspecified atom stereocenters. The van der Waals surface area contributed by atoms with Crippen LogP contribution in [0, 0.1) is 0 Å². The van der Waals surface area contributed by atoms with E-state index < -0.39 is 58.5 Å². The van der Waals surface area contributed by atoms with Gasteiger partial charge in [-0.1, -0.05) is 95.1 Å². The number of alkyl carbamates (subject to hydrolysis) is 1. The predicted molar refractivity (Wildman–Crippen MR) is 135 cm³/mol. The minimum Gasteiger partial charge on any atom is -0.457 e. The molecule has 12 heteroatoms. The Labute approximate surface area is 227 Å². The largest absolute Gasteiger partial charge is 0.457 e. The molecule has 2 aliphatic rings. The quantitative estimate of drug-likeness (QED) is 0.379. The van der Waals surface area contributed by atoms with E-state index in [9.17, 15) is 9.59 Å². The molecule has 1 amide bonds.